The highest BCUT2D eigenvalue weighted by Gasteiger charge is 2.06. The Morgan fingerprint density at radius 1 is 1.44 bits per heavy atom. The van der Waals surface area contributed by atoms with Crippen LogP contribution in [0.25, 0.3) is 0 Å². The lowest BCUT2D eigenvalue weighted by atomic mass is 10.2. The first-order chi connectivity index (χ1) is 7.77. The third-order valence-corrected chi connectivity index (χ3v) is 2.55. The van der Waals surface area contributed by atoms with E-state index < -0.39 is 0 Å². The topological polar surface area (TPSA) is 56.7 Å². The van der Waals surface area contributed by atoms with Gasteiger partial charge in [0.25, 0.3) is 0 Å². The summed E-state index contributed by atoms with van der Waals surface area (Å²) < 4.78 is 2.08. The summed E-state index contributed by atoms with van der Waals surface area (Å²) in [5.74, 6) is 0. The molecule has 4 nitrogen and oxygen atoms in total. The maximum atomic E-state index is 5.85. The molecule has 0 radical (unpaired) electrons. The molecule has 2 N–H and O–H groups in total. The Morgan fingerprint density at radius 2 is 2.31 bits per heavy atom. The predicted molar refractivity (Wildman–Crippen MR) is 62.8 cm³/mol. The molecule has 0 unspecified atom stereocenters. The lowest BCUT2D eigenvalue weighted by Crippen LogP contribution is -2.13. The monoisotopic (exact) mass is 216 g/mol. The van der Waals surface area contributed by atoms with E-state index in [4.69, 9.17) is 5.73 Å². The third kappa shape index (κ3) is 2.46. The molecule has 0 aliphatic heterocycles. The Balaban J connectivity index is 2.02. The van der Waals surface area contributed by atoms with Crippen LogP contribution in [0.15, 0.2) is 36.9 Å². The van der Waals surface area contributed by atoms with Gasteiger partial charge in [0.1, 0.15) is 0 Å². The highest BCUT2D eigenvalue weighted by molar-refractivity contribution is 5.06. The number of pyridine rings is 1. The van der Waals surface area contributed by atoms with Crippen molar-refractivity contribution in [3.05, 3.63) is 48.3 Å². The first kappa shape index (κ1) is 10.8. The number of imidazole rings is 1. The van der Waals surface area contributed by atoms with Crippen molar-refractivity contribution in [3.8, 4) is 0 Å². The molecular formula is C12H16N4. The summed E-state index contributed by atoms with van der Waals surface area (Å²) in [6.45, 7) is 2.84. The number of nitrogens with zero attached hydrogens (tertiary/aromatic N) is 3. The molecule has 2 aromatic rings. The summed E-state index contributed by atoms with van der Waals surface area (Å²) in [7, 11) is 0. The average Bonchev–Trinajstić information content (AvgIpc) is 2.76. The molecule has 0 bridgehead atoms. The molecule has 84 valence electrons. The number of rotatable bonds is 4. The van der Waals surface area contributed by atoms with Gasteiger partial charge in [-0.05, 0) is 19.1 Å². The van der Waals surface area contributed by atoms with Crippen molar-refractivity contribution in [1.82, 2.24) is 14.5 Å². The molecule has 0 aromatic carbocycles. The summed E-state index contributed by atoms with van der Waals surface area (Å²) in [5.41, 5.74) is 8.01. The molecule has 4 heteroatoms. The molecule has 0 aliphatic rings. The standard InChI is InChI=1S/C12H16N4/c1-10(13)12-8-14-9-16(12)7-5-11-4-2-3-6-15-11/h2-4,6,8-10H,5,7,13H2,1H3/t10-/m0/s1. The average molecular weight is 216 g/mol. The lowest BCUT2D eigenvalue weighted by Gasteiger charge is -2.10. The summed E-state index contributed by atoms with van der Waals surface area (Å²) >= 11 is 0. The second kappa shape index (κ2) is 4.90. The van der Waals surface area contributed by atoms with Crippen molar-refractivity contribution in [2.24, 2.45) is 5.73 Å². The fourth-order valence-corrected chi connectivity index (χ4v) is 1.68. The van der Waals surface area contributed by atoms with Gasteiger partial charge in [0.2, 0.25) is 0 Å². The SMILES string of the molecule is C[C@H](N)c1cncn1CCc1ccccn1. The Kier molecular flexibility index (Phi) is 3.31. The van der Waals surface area contributed by atoms with E-state index in [-0.39, 0.29) is 6.04 Å². The van der Waals surface area contributed by atoms with Crippen LogP contribution in [-0.4, -0.2) is 14.5 Å². The molecule has 0 amide bonds. The normalized spacial score (nSPS) is 12.6. The summed E-state index contributed by atoms with van der Waals surface area (Å²) in [6, 6.07) is 5.98. The summed E-state index contributed by atoms with van der Waals surface area (Å²) in [5, 5.41) is 0. The van der Waals surface area contributed by atoms with E-state index >= 15 is 0 Å². The number of hydrogen-bond acceptors (Lipinski definition) is 3. The minimum atomic E-state index is 0.0197. The Labute approximate surface area is 95.1 Å². The molecule has 1 atom stereocenters. The van der Waals surface area contributed by atoms with Crippen molar-refractivity contribution in [3.63, 3.8) is 0 Å². The number of hydrogen-bond donors (Lipinski definition) is 1. The lowest BCUT2D eigenvalue weighted by molar-refractivity contribution is 0.618. The maximum absolute atomic E-state index is 5.85. The Hall–Kier alpha value is -1.68. The van der Waals surface area contributed by atoms with Gasteiger partial charge < -0.3 is 10.3 Å². The molecule has 2 heterocycles. The zero-order chi connectivity index (χ0) is 11.4. The molecule has 0 fully saturated rings. The zero-order valence-corrected chi connectivity index (χ0v) is 9.37. The van der Waals surface area contributed by atoms with E-state index in [0.717, 1.165) is 24.4 Å². The van der Waals surface area contributed by atoms with Crippen molar-refractivity contribution in [2.45, 2.75) is 25.9 Å². The van der Waals surface area contributed by atoms with Gasteiger partial charge in [-0.2, -0.15) is 0 Å². The molecule has 0 aliphatic carbocycles. The van der Waals surface area contributed by atoms with Crippen molar-refractivity contribution >= 4 is 0 Å². The molecule has 0 saturated heterocycles. The minimum Gasteiger partial charge on any atom is -0.333 e. The van der Waals surface area contributed by atoms with E-state index in [0.29, 0.717) is 0 Å². The van der Waals surface area contributed by atoms with Gasteiger partial charge in [-0.15, -0.1) is 0 Å². The van der Waals surface area contributed by atoms with Crippen LogP contribution < -0.4 is 5.73 Å². The van der Waals surface area contributed by atoms with Crippen LogP contribution in [0.2, 0.25) is 0 Å². The van der Waals surface area contributed by atoms with Gasteiger partial charge >= 0.3 is 0 Å². The van der Waals surface area contributed by atoms with Gasteiger partial charge in [-0.3, -0.25) is 4.98 Å². The van der Waals surface area contributed by atoms with Crippen LogP contribution in [0.1, 0.15) is 24.4 Å². The second-order valence-corrected chi connectivity index (χ2v) is 3.87. The van der Waals surface area contributed by atoms with Crippen molar-refractivity contribution in [1.29, 1.82) is 0 Å². The highest BCUT2D eigenvalue weighted by Crippen LogP contribution is 2.09. The smallest absolute Gasteiger partial charge is 0.0948 e. The number of aryl methyl sites for hydroxylation is 2. The molecule has 16 heavy (non-hydrogen) atoms. The molecular weight excluding hydrogens is 200 g/mol. The number of nitrogens with two attached hydrogens (primary N) is 1. The first-order valence-corrected chi connectivity index (χ1v) is 5.43. The van der Waals surface area contributed by atoms with Crippen LogP contribution >= 0.6 is 0 Å². The fourth-order valence-electron chi connectivity index (χ4n) is 1.68. The van der Waals surface area contributed by atoms with E-state index in [1.54, 1.807) is 0 Å². The molecule has 2 rings (SSSR count). The predicted octanol–water partition coefficient (Wildman–Crippen LogP) is 1.54. The van der Waals surface area contributed by atoms with Crippen molar-refractivity contribution in [2.75, 3.05) is 0 Å². The molecule has 0 spiro atoms. The van der Waals surface area contributed by atoms with Crippen LogP contribution in [-0.2, 0) is 13.0 Å². The highest BCUT2D eigenvalue weighted by atomic mass is 15.1. The largest absolute Gasteiger partial charge is 0.333 e. The molecule has 0 saturated carbocycles. The second-order valence-electron chi connectivity index (χ2n) is 3.87. The zero-order valence-electron chi connectivity index (χ0n) is 9.37. The van der Waals surface area contributed by atoms with E-state index in [9.17, 15) is 0 Å². The van der Waals surface area contributed by atoms with Gasteiger partial charge in [0, 0.05) is 37.1 Å². The van der Waals surface area contributed by atoms with Gasteiger partial charge in [-0.1, -0.05) is 6.07 Å². The first-order valence-electron chi connectivity index (χ1n) is 5.43. The summed E-state index contributed by atoms with van der Waals surface area (Å²) in [6.07, 6.45) is 6.36. The minimum absolute atomic E-state index is 0.0197. The Bertz CT molecular complexity index is 433. The Morgan fingerprint density at radius 3 is 3.00 bits per heavy atom. The maximum Gasteiger partial charge on any atom is 0.0948 e. The van der Waals surface area contributed by atoms with E-state index in [2.05, 4.69) is 14.5 Å². The quantitative estimate of drug-likeness (QED) is 0.843. The number of aromatic nitrogens is 3. The van der Waals surface area contributed by atoms with E-state index in [1.165, 1.54) is 0 Å². The third-order valence-electron chi connectivity index (χ3n) is 2.55. The van der Waals surface area contributed by atoms with Crippen LogP contribution in [0.5, 0.6) is 0 Å². The van der Waals surface area contributed by atoms with Gasteiger partial charge in [-0.25, -0.2) is 4.98 Å². The van der Waals surface area contributed by atoms with Crippen LogP contribution in [0.3, 0.4) is 0 Å². The van der Waals surface area contributed by atoms with Crippen LogP contribution in [0.4, 0.5) is 0 Å². The summed E-state index contributed by atoms with van der Waals surface area (Å²) in [4.78, 5) is 8.41. The van der Waals surface area contributed by atoms with Gasteiger partial charge in [0.15, 0.2) is 0 Å². The van der Waals surface area contributed by atoms with Gasteiger partial charge in [0.05, 0.1) is 12.0 Å². The fraction of sp³-hybridized carbons (Fsp3) is 0.333. The van der Waals surface area contributed by atoms with Crippen molar-refractivity contribution < 1.29 is 0 Å². The van der Waals surface area contributed by atoms with E-state index in [1.807, 2.05) is 43.8 Å². The molecule has 2 aromatic heterocycles. The van der Waals surface area contributed by atoms with Crippen LogP contribution in [0, 0.1) is 0 Å².